The minimum Gasteiger partial charge on any atom is -0.340 e. The van der Waals surface area contributed by atoms with Crippen LogP contribution in [0.3, 0.4) is 0 Å². The predicted molar refractivity (Wildman–Crippen MR) is 92.3 cm³/mol. The number of benzene rings is 1. The summed E-state index contributed by atoms with van der Waals surface area (Å²) >= 11 is 5.98. The van der Waals surface area contributed by atoms with E-state index in [0.29, 0.717) is 13.1 Å². The molecular formula is C14H21Cl2N3O3S. The second kappa shape index (κ2) is 8.30. The lowest BCUT2D eigenvalue weighted by Crippen LogP contribution is -2.52. The largest absolute Gasteiger partial charge is 0.340 e. The number of sulfonamides is 1. The summed E-state index contributed by atoms with van der Waals surface area (Å²) in [5, 5.41) is 0.206. The van der Waals surface area contributed by atoms with E-state index in [0.717, 1.165) is 0 Å². The molecule has 1 atom stereocenters. The van der Waals surface area contributed by atoms with Gasteiger partial charge in [-0.3, -0.25) is 4.79 Å². The van der Waals surface area contributed by atoms with Crippen LogP contribution >= 0.6 is 24.0 Å². The van der Waals surface area contributed by atoms with Crippen LogP contribution in [0, 0.1) is 5.92 Å². The van der Waals surface area contributed by atoms with Gasteiger partial charge in [-0.15, -0.1) is 12.4 Å². The summed E-state index contributed by atoms with van der Waals surface area (Å²) < 4.78 is 26.6. The zero-order valence-corrected chi connectivity index (χ0v) is 15.2. The van der Waals surface area contributed by atoms with Crippen LogP contribution in [0.5, 0.6) is 0 Å². The normalized spacial score (nSPS) is 17.4. The number of nitrogens with zero attached hydrogens (tertiary/aromatic N) is 2. The monoisotopic (exact) mass is 381 g/mol. The van der Waals surface area contributed by atoms with Gasteiger partial charge in [0.15, 0.2) is 0 Å². The van der Waals surface area contributed by atoms with E-state index in [1.165, 1.54) is 10.4 Å². The molecule has 1 fully saturated rings. The average molecular weight is 382 g/mol. The Bertz CT molecular complexity index is 646. The number of hydrogen-bond donors (Lipinski definition) is 1. The number of halogens is 2. The fraction of sp³-hybridized carbons (Fsp3) is 0.500. The van der Waals surface area contributed by atoms with Crippen molar-refractivity contribution >= 4 is 39.9 Å². The molecule has 1 aromatic rings. The first-order valence-corrected chi connectivity index (χ1v) is 8.93. The van der Waals surface area contributed by atoms with Gasteiger partial charge < -0.3 is 10.6 Å². The highest BCUT2D eigenvalue weighted by Gasteiger charge is 2.32. The Labute approximate surface area is 148 Å². The van der Waals surface area contributed by atoms with Gasteiger partial charge >= 0.3 is 0 Å². The van der Waals surface area contributed by atoms with Crippen molar-refractivity contribution in [2.45, 2.75) is 11.8 Å². The Kier molecular flexibility index (Phi) is 7.29. The van der Waals surface area contributed by atoms with Gasteiger partial charge in [0.2, 0.25) is 15.9 Å². The summed E-state index contributed by atoms with van der Waals surface area (Å²) in [4.78, 5) is 13.8. The maximum Gasteiger partial charge on any atom is 0.244 e. The number of carbonyl (C=O) groups is 1. The molecular weight excluding hydrogens is 361 g/mol. The van der Waals surface area contributed by atoms with Gasteiger partial charge in [-0.2, -0.15) is 4.31 Å². The number of rotatable bonds is 4. The number of piperazine rings is 1. The van der Waals surface area contributed by atoms with Crippen LogP contribution in [0.25, 0.3) is 0 Å². The van der Waals surface area contributed by atoms with Crippen molar-refractivity contribution in [1.29, 1.82) is 0 Å². The third-order valence-electron chi connectivity index (χ3n) is 3.78. The van der Waals surface area contributed by atoms with Crippen molar-refractivity contribution in [2.24, 2.45) is 11.7 Å². The molecule has 1 aliphatic rings. The maximum absolute atomic E-state index is 12.6. The first kappa shape index (κ1) is 20.2. The quantitative estimate of drug-likeness (QED) is 0.848. The van der Waals surface area contributed by atoms with Gasteiger partial charge in [0.25, 0.3) is 0 Å². The van der Waals surface area contributed by atoms with Gasteiger partial charge in [0.05, 0.1) is 5.02 Å². The van der Waals surface area contributed by atoms with E-state index >= 15 is 0 Å². The van der Waals surface area contributed by atoms with E-state index in [1.807, 2.05) is 0 Å². The molecule has 0 spiro atoms. The third-order valence-corrected chi connectivity index (χ3v) is 6.18. The number of nitrogens with two attached hydrogens (primary N) is 1. The van der Waals surface area contributed by atoms with E-state index in [4.69, 9.17) is 17.3 Å². The zero-order chi connectivity index (χ0) is 16.3. The molecule has 1 amide bonds. The van der Waals surface area contributed by atoms with Gasteiger partial charge in [0, 0.05) is 38.6 Å². The summed E-state index contributed by atoms with van der Waals surface area (Å²) in [6.45, 7) is 3.32. The van der Waals surface area contributed by atoms with Gasteiger partial charge in [-0.25, -0.2) is 8.42 Å². The Balaban J connectivity index is 0.00000264. The first-order chi connectivity index (χ1) is 10.4. The summed E-state index contributed by atoms with van der Waals surface area (Å²) in [5.74, 6) is -0.274. The fourth-order valence-corrected chi connectivity index (χ4v) is 4.27. The molecule has 2 N–H and O–H groups in total. The van der Waals surface area contributed by atoms with E-state index in [9.17, 15) is 13.2 Å². The molecule has 23 heavy (non-hydrogen) atoms. The Morgan fingerprint density at radius 3 is 2.35 bits per heavy atom. The highest BCUT2D eigenvalue weighted by Crippen LogP contribution is 2.25. The maximum atomic E-state index is 12.6. The molecule has 1 aliphatic heterocycles. The van der Waals surface area contributed by atoms with Crippen LogP contribution in [-0.4, -0.2) is 56.3 Å². The van der Waals surface area contributed by atoms with Gasteiger partial charge in [-0.05, 0) is 12.1 Å². The Morgan fingerprint density at radius 1 is 1.26 bits per heavy atom. The Hall–Kier alpha value is -0.860. The second-order valence-corrected chi connectivity index (χ2v) is 7.61. The van der Waals surface area contributed by atoms with E-state index in [-0.39, 0.29) is 53.8 Å². The van der Waals surface area contributed by atoms with Crippen molar-refractivity contribution in [3.8, 4) is 0 Å². The molecule has 0 saturated carbocycles. The molecule has 6 nitrogen and oxygen atoms in total. The van der Waals surface area contributed by atoms with Crippen LogP contribution in [0.4, 0.5) is 0 Å². The Morgan fingerprint density at radius 2 is 1.83 bits per heavy atom. The average Bonchev–Trinajstić information content (AvgIpc) is 2.53. The van der Waals surface area contributed by atoms with Crippen LogP contribution in [0.2, 0.25) is 5.02 Å². The van der Waals surface area contributed by atoms with Crippen LogP contribution in [0.15, 0.2) is 29.2 Å². The molecule has 0 bridgehead atoms. The van der Waals surface area contributed by atoms with Crippen molar-refractivity contribution < 1.29 is 13.2 Å². The van der Waals surface area contributed by atoms with E-state index in [1.54, 1.807) is 30.0 Å². The number of carbonyl (C=O) groups excluding carboxylic acids is 1. The minimum atomic E-state index is -3.63. The SMILES string of the molecule is CC(CN)C(=O)N1CCN(S(=O)(=O)c2ccccc2Cl)CC1.Cl. The lowest BCUT2D eigenvalue weighted by Gasteiger charge is -2.35. The third kappa shape index (κ3) is 4.36. The highest BCUT2D eigenvalue weighted by atomic mass is 35.5. The van der Waals surface area contributed by atoms with Gasteiger partial charge in [-0.1, -0.05) is 30.7 Å². The molecule has 130 valence electrons. The zero-order valence-electron chi connectivity index (χ0n) is 12.8. The molecule has 0 radical (unpaired) electrons. The molecule has 0 aliphatic carbocycles. The second-order valence-electron chi connectivity index (χ2n) is 5.30. The van der Waals surface area contributed by atoms with Crippen molar-refractivity contribution in [1.82, 2.24) is 9.21 Å². The molecule has 1 saturated heterocycles. The highest BCUT2D eigenvalue weighted by molar-refractivity contribution is 7.89. The predicted octanol–water partition coefficient (Wildman–Crippen LogP) is 1.19. The fourth-order valence-electron chi connectivity index (χ4n) is 2.35. The van der Waals surface area contributed by atoms with E-state index in [2.05, 4.69) is 0 Å². The van der Waals surface area contributed by atoms with Gasteiger partial charge in [0.1, 0.15) is 4.90 Å². The number of hydrogen-bond acceptors (Lipinski definition) is 4. The van der Waals surface area contributed by atoms with Crippen LogP contribution < -0.4 is 5.73 Å². The van der Waals surface area contributed by atoms with Crippen molar-refractivity contribution in [3.63, 3.8) is 0 Å². The van der Waals surface area contributed by atoms with Crippen LogP contribution in [0.1, 0.15) is 6.92 Å². The molecule has 9 heteroatoms. The molecule has 1 aromatic carbocycles. The lowest BCUT2D eigenvalue weighted by atomic mass is 10.1. The minimum absolute atomic E-state index is 0. The number of amides is 1. The smallest absolute Gasteiger partial charge is 0.244 e. The van der Waals surface area contributed by atoms with Crippen molar-refractivity contribution in [2.75, 3.05) is 32.7 Å². The standard InChI is InChI=1S/C14H20ClN3O3S.ClH/c1-11(10-16)14(19)17-6-8-18(9-7-17)22(20,21)13-5-3-2-4-12(13)15;/h2-5,11H,6-10,16H2,1H3;1H. The summed E-state index contributed by atoms with van der Waals surface area (Å²) in [6, 6.07) is 6.37. The molecule has 0 aromatic heterocycles. The molecule has 2 rings (SSSR count). The summed E-state index contributed by atoms with van der Waals surface area (Å²) in [6.07, 6.45) is 0. The van der Waals surface area contributed by atoms with Crippen molar-refractivity contribution in [3.05, 3.63) is 29.3 Å². The molecule has 1 unspecified atom stereocenters. The first-order valence-electron chi connectivity index (χ1n) is 7.11. The van der Waals surface area contributed by atoms with E-state index < -0.39 is 10.0 Å². The summed E-state index contributed by atoms with van der Waals surface area (Å²) in [5.41, 5.74) is 5.50. The summed E-state index contributed by atoms with van der Waals surface area (Å²) in [7, 11) is -3.63. The molecule has 1 heterocycles. The lowest BCUT2D eigenvalue weighted by molar-refractivity contribution is -0.135. The topological polar surface area (TPSA) is 83.7 Å². The van der Waals surface area contributed by atoms with Crippen LogP contribution in [-0.2, 0) is 14.8 Å².